The van der Waals surface area contributed by atoms with Crippen molar-refractivity contribution in [1.82, 2.24) is 8.75 Å². The van der Waals surface area contributed by atoms with Gasteiger partial charge in [0.15, 0.2) is 5.82 Å². The number of hydrogen-bond acceptors (Lipinski definition) is 4. The number of hydrogen-bond donors (Lipinski definition) is 1. The highest BCUT2D eigenvalue weighted by Crippen LogP contribution is 2.38. The topological polar surface area (TPSA) is 54.9 Å². The molecule has 1 aromatic heterocycles. The van der Waals surface area contributed by atoms with Gasteiger partial charge in [0.25, 0.3) is 0 Å². The number of carbonyl (C=O) groups is 1. The van der Waals surface area contributed by atoms with Gasteiger partial charge in [0, 0.05) is 5.92 Å². The van der Waals surface area contributed by atoms with Crippen LogP contribution in [0.3, 0.4) is 0 Å². The zero-order chi connectivity index (χ0) is 8.55. The zero-order valence-electron chi connectivity index (χ0n) is 6.65. The number of nitrogens with zero attached hydrogens (tertiary/aromatic N) is 2. The van der Waals surface area contributed by atoms with Gasteiger partial charge in [-0.1, -0.05) is 6.92 Å². The molecule has 12 heavy (non-hydrogen) atoms. The van der Waals surface area contributed by atoms with Gasteiger partial charge < -0.3 is 5.32 Å². The molecule has 1 saturated carbocycles. The number of amides is 1. The van der Waals surface area contributed by atoms with Crippen LogP contribution in [0.2, 0.25) is 0 Å². The molecule has 2 atom stereocenters. The minimum Gasteiger partial charge on any atom is -0.308 e. The van der Waals surface area contributed by atoms with E-state index in [4.69, 9.17) is 0 Å². The van der Waals surface area contributed by atoms with Crippen LogP contribution in [0.4, 0.5) is 5.82 Å². The second-order valence-electron chi connectivity index (χ2n) is 3.10. The normalized spacial score (nSPS) is 26.8. The Kier molecular flexibility index (Phi) is 1.80. The Morgan fingerprint density at radius 1 is 1.83 bits per heavy atom. The molecule has 0 radical (unpaired) electrons. The quantitative estimate of drug-likeness (QED) is 0.747. The molecule has 64 valence electrons. The fourth-order valence-electron chi connectivity index (χ4n) is 1.13. The highest BCUT2D eigenvalue weighted by atomic mass is 32.1. The summed E-state index contributed by atoms with van der Waals surface area (Å²) in [4.78, 5) is 11.3. The molecule has 5 heteroatoms. The molecular formula is C7H9N3OS. The molecule has 1 aliphatic carbocycles. The minimum absolute atomic E-state index is 0.0789. The van der Waals surface area contributed by atoms with E-state index in [2.05, 4.69) is 21.0 Å². The van der Waals surface area contributed by atoms with Crippen molar-refractivity contribution in [2.24, 2.45) is 11.8 Å². The van der Waals surface area contributed by atoms with E-state index in [9.17, 15) is 4.79 Å². The molecule has 0 aliphatic heterocycles. The summed E-state index contributed by atoms with van der Waals surface area (Å²) in [7, 11) is 0. The first kappa shape index (κ1) is 7.67. The van der Waals surface area contributed by atoms with Crippen LogP contribution in [-0.4, -0.2) is 14.7 Å². The first-order valence-electron chi connectivity index (χ1n) is 3.86. The van der Waals surface area contributed by atoms with Gasteiger partial charge in [0.05, 0.1) is 17.9 Å². The van der Waals surface area contributed by atoms with Crippen LogP contribution in [0.15, 0.2) is 6.20 Å². The van der Waals surface area contributed by atoms with Gasteiger partial charge in [-0.25, -0.2) is 0 Å². The van der Waals surface area contributed by atoms with E-state index in [-0.39, 0.29) is 11.8 Å². The van der Waals surface area contributed by atoms with Crippen LogP contribution in [0.25, 0.3) is 0 Å². The lowest BCUT2D eigenvalue weighted by Crippen LogP contribution is -2.14. The number of aromatic nitrogens is 2. The Bertz CT molecular complexity index is 285. The maximum atomic E-state index is 11.3. The maximum Gasteiger partial charge on any atom is 0.228 e. The van der Waals surface area contributed by atoms with Crippen LogP contribution >= 0.6 is 11.7 Å². The Morgan fingerprint density at radius 2 is 2.58 bits per heavy atom. The molecule has 2 unspecified atom stereocenters. The smallest absolute Gasteiger partial charge is 0.228 e. The molecule has 0 bridgehead atoms. The minimum atomic E-state index is 0.0789. The summed E-state index contributed by atoms with van der Waals surface area (Å²) in [5, 5.41) is 2.71. The van der Waals surface area contributed by atoms with E-state index < -0.39 is 0 Å². The highest BCUT2D eigenvalue weighted by Gasteiger charge is 2.39. The van der Waals surface area contributed by atoms with Crippen molar-refractivity contribution in [1.29, 1.82) is 0 Å². The molecule has 1 N–H and O–H groups in total. The van der Waals surface area contributed by atoms with Crippen LogP contribution < -0.4 is 5.32 Å². The maximum absolute atomic E-state index is 11.3. The zero-order valence-corrected chi connectivity index (χ0v) is 7.47. The second kappa shape index (κ2) is 2.82. The van der Waals surface area contributed by atoms with Gasteiger partial charge >= 0.3 is 0 Å². The molecule has 4 nitrogen and oxygen atoms in total. The van der Waals surface area contributed by atoms with Crippen molar-refractivity contribution in [3.05, 3.63) is 6.20 Å². The van der Waals surface area contributed by atoms with Crippen molar-refractivity contribution in [2.45, 2.75) is 13.3 Å². The summed E-state index contributed by atoms with van der Waals surface area (Å²) in [6, 6.07) is 0. The Morgan fingerprint density at radius 3 is 3.08 bits per heavy atom. The van der Waals surface area contributed by atoms with Crippen molar-refractivity contribution in [3.63, 3.8) is 0 Å². The molecule has 0 spiro atoms. The summed E-state index contributed by atoms with van der Waals surface area (Å²) < 4.78 is 7.68. The average Bonchev–Trinajstić information content (AvgIpc) is 2.58. The molecule has 1 aromatic rings. The van der Waals surface area contributed by atoms with Gasteiger partial charge in [0.1, 0.15) is 0 Å². The molecule has 0 aromatic carbocycles. The molecule has 1 fully saturated rings. The average molecular weight is 183 g/mol. The molecule has 1 heterocycles. The lowest BCUT2D eigenvalue weighted by Gasteiger charge is -1.97. The van der Waals surface area contributed by atoms with Gasteiger partial charge in [-0.15, -0.1) is 0 Å². The summed E-state index contributed by atoms with van der Waals surface area (Å²) in [6.45, 7) is 2.07. The summed E-state index contributed by atoms with van der Waals surface area (Å²) >= 11 is 1.10. The predicted octanol–water partition coefficient (Wildman–Crippen LogP) is 1.13. The number of rotatable bonds is 2. The Hall–Kier alpha value is -0.970. The van der Waals surface area contributed by atoms with E-state index in [0.29, 0.717) is 11.7 Å². The lowest BCUT2D eigenvalue weighted by atomic mass is 10.3. The monoisotopic (exact) mass is 183 g/mol. The first-order chi connectivity index (χ1) is 5.77. The fraction of sp³-hybridized carbons (Fsp3) is 0.571. The third-order valence-electron chi connectivity index (χ3n) is 2.06. The third kappa shape index (κ3) is 1.45. The number of carbonyl (C=O) groups excluding carboxylic acids is 1. The van der Waals surface area contributed by atoms with E-state index >= 15 is 0 Å². The fourth-order valence-corrected chi connectivity index (χ4v) is 1.50. The molecule has 0 saturated heterocycles. The number of nitrogens with one attached hydrogen (secondary N) is 1. The SMILES string of the molecule is CC1CC1C(=O)Nc1cnsn1. The Labute approximate surface area is 74.3 Å². The standard InChI is InChI=1S/C7H9N3OS/c1-4-2-5(4)7(11)9-6-3-8-12-10-6/h3-5H,2H2,1H3,(H,9,10,11). The van der Waals surface area contributed by atoms with E-state index in [1.54, 1.807) is 6.20 Å². The van der Waals surface area contributed by atoms with Crippen molar-refractivity contribution >= 4 is 23.5 Å². The molecule has 1 aliphatic rings. The first-order valence-corrected chi connectivity index (χ1v) is 4.59. The van der Waals surface area contributed by atoms with E-state index in [0.717, 1.165) is 18.1 Å². The van der Waals surface area contributed by atoms with Crippen LogP contribution in [0.5, 0.6) is 0 Å². The summed E-state index contributed by atoms with van der Waals surface area (Å²) in [6.07, 6.45) is 2.57. The predicted molar refractivity (Wildman–Crippen MR) is 45.8 cm³/mol. The van der Waals surface area contributed by atoms with Gasteiger partial charge in [-0.05, 0) is 12.3 Å². The highest BCUT2D eigenvalue weighted by molar-refractivity contribution is 6.99. The third-order valence-corrected chi connectivity index (χ3v) is 2.54. The van der Waals surface area contributed by atoms with Crippen LogP contribution in [0, 0.1) is 11.8 Å². The number of anilines is 1. The lowest BCUT2D eigenvalue weighted by molar-refractivity contribution is -0.117. The van der Waals surface area contributed by atoms with Crippen LogP contribution in [0.1, 0.15) is 13.3 Å². The molecule has 2 rings (SSSR count). The molecular weight excluding hydrogens is 174 g/mol. The van der Waals surface area contributed by atoms with Crippen molar-refractivity contribution in [3.8, 4) is 0 Å². The van der Waals surface area contributed by atoms with Gasteiger partial charge in [-0.3, -0.25) is 4.79 Å². The van der Waals surface area contributed by atoms with Crippen molar-refractivity contribution < 1.29 is 4.79 Å². The van der Waals surface area contributed by atoms with Gasteiger partial charge in [0.2, 0.25) is 5.91 Å². The van der Waals surface area contributed by atoms with Gasteiger partial charge in [-0.2, -0.15) is 8.75 Å². The Balaban J connectivity index is 1.92. The van der Waals surface area contributed by atoms with E-state index in [1.165, 1.54) is 0 Å². The molecule has 1 amide bonds. The second-order valence-corrected chi connectivity index (χ2v) is 3.66. The van der Waals surface area contributed by atoms with Crippen LogP contribution in [-0.2, 0) is 4.79 Å². The largest absolute Gasteiger partial charge is 0.308 e. The van der Waals surface area contributed by atoms with Crippen molar-refractivity contribution in [2.75, 3.05) is 5.32 Å². The summed E-state index contributed by atoms with van der Waals surface area (Å²) in [5.74, 6) is 1.39. The summed E-state index contributed by atoms with van der Waals surface area (Å²) in [5.41, 5.74) is 0. The van der Waals surface area contributed by atoms with E-state index in [1.807, 2.05) is 0 Å².